The Hall–Kier alpha value is -1.79. The Morgan fingerprint density at radius 3 is 2.50 bits per heavy atom. The van der Waals surface area contributed by atoms with Crippen LogP contribution in [0.15, 0.2) is 17.1 Å². The Kier molecular flexibility index (Phi) is 3.06. The number of halogens is 3. The van der Waals surface area contributed by atoms with Gasteiger partial charge in [0.25, 0.3) is 5.56 Å². The van der Waals surface area contributed by atoms with E-state index in [-0.39, 0.29) is 5.56 Å². The molecule has 0 bridgehead atoms. The quantitative estimate of drug-likeness (QED) is 0.839. The van der Waals surface area contributed by atoms with E-state index in [0.29, 0.717) is 10.6 Å². The van der Waals surface area contributed by atoms with Crippen molar-refractivity contribution < 1.29 is 23.1 Å². The number of hydrogen-bond donors (Lipinski definition) is 1. The SMILES string of the molecule is Cc1cc(C(F)(F)F)c(=O)n(CC(=O)O)c1. The van der Waals surface area contributed by atoms with Gasteiger partial charge in [-0.1, -0.05) is 0 Å². The molecule has 1 heterocycles. The van der Waals surface area contributed by atoms with Gasteiger partial charge in [0, 0.05) is 6.20 Å². The van der Waals surface area contributed by atoms with Crippen molar-refractivity contribution in [3.8, 4) is 0 Å². The highest BCUT2D eigenvalue weighted by atomic mass is 19.4. The molecule has 0 saturated carbocycles. The molecule has 0 amide bonds. The molecule has 1 N–H and O–H groups in total. The molecule has 16 heavy (non-hydrogen) atoms. The summed E-state index contributed by atoms with van der Waals surface area (Å²) in [6, 6.07) is 0.695. The van der Waals surface area contributed by atoms with Crippen LogP contribution in [0.5, 0.6) is 0 Å². The minimum Gasteiger partial charge on any atom is -0.480 e. The standard InChI is InChI=1S/C9H8F3NO3/c1-5-2-6(9(10,11)12)8(16)13(3-5)4-7(14)15/h2-3H,4H2,1H3,(H,14,15). The first-order chi connectivity index (χ1) is 7.21. The summed E-state index contributed by atoms with van der Waals surface area (Å²) in [6.45, 7) is 0.566. The van der Waals surface area contributed by atoms with E-state index in [2.05, 4.69) is 0 Å². The molecule has 0 radical (unpaired) electrons. The Balaban J connectivity index is 3.38. The van der Waals surface area contributed by atoms with E-state index in [1.165, 1.54) is 6.92 Å². The van der Waals surface area contributed by atoms with Crippen LogP contribution in [0.4, 0.5) is 13.2 Å². The lowest BCUT2D eigenvalue weighted by molar-refractivity contribution is -0.141. The van der Waals surface area contributed by atoms with Crippen LogP contribution in [0.3, 0.4) is 0 Å². The van der Waals surface area contributed by atoms with E-state index in [1.807, 2.05) is 0 Å². The minimum atomic E-state index is -4.77. The molecular formula is C9H8F3NO3. The molecule has 0 aliphatic rings. The number of nitrogens with zero attached hydrogens (tertiary/aromatic N) is 1. The maximum absolute atomic E-state index is 12.4. The van der Waals surface area contributed by atoms with Gasteiger partial charge in [0.15, 0.2) is 0 Å². The molecule has 4 nitrogen and oxygen atoms in total. The normalized spacial score (nSPS) is 11.5. The fourth-order valence-electron chi connectivity index (χ4n) is 1.25. The van der Waals surface area contributed by atoms with Crippen LogP contribution in [-0.2, 0) is 17.5 Å². The Bertz CT molecular complexity index is 476. The van der Waals surface area contributed by atoms with Crippen LogP contribution in [0.1, 0.15) is 11.1 Å². The zero-order valence-electron chi connectivity index (χ0n) is 8.21. The highest BCUT2D eigenvalue weighted by molar-refractivity contribution is 5.66. The van der Waals surface area contributed by atoms with Crippen LogP contribution < -0.4 is 5.56 Å². The van der Waals surface area contributed by atoms with Gasteiger partial charge in [-0.05, 0) is 18.6 Å². The van der Waals surface area contributed by atoms with Crippen molar-refractivity contribution in [2.45, 2.75) is 19.6 Å². The van der Waals surface area contributed by atoms with Gasteiger partial charge in [0.1, 0.15) is 12.1 Å². The second kappa shape index (κ2) is 3.99. The Morgan fingerprint density at radius 2 is 2.06 bits per heavy atom. The Morgan fingerprint density at radius 1 is 1.50 bits per heavy atom. The average molecular weight is 235 g/mol. The third kappa shape index (κ3) is 2.62. The monoisotopic (exact) mass is 235 g/mol. The predicted octanol–water partition coefficient (Wildman–Crippen LogP) is 1.26. The summed E-state index contributed by atoms with van der Waals surface area (Å²) >= 11 is 0. The lowest BCUT2D eigenvalue weighted by Gasteiger charge is -2.10. The van der Waals surface area contributed by atoms with Crippen LogP contribution in [-0.4, -0.2) is 15.6 Å². The van der Waals surface area contributed by atoms with Crippen LogP contribution in [0.2, 0.25) is 0 Å². The van der Waals surface area contributed by atoms with Gasteiger partial charge < -0.3 is 9.67 Å². The molecule has 7 heteroatoms. The predicted molar refractivity (Wildman–Crippen MR) is 48.1 cm³/mol. The summed E-state index contributed by atoms with van der Waals surface area (Å²) < 4.78 is 37.7. The van der Waals surface area contributed by atoms with E-state index in [0.717, 1.165) is 6.20 Å². The first kappa shape index (κ1) is 12.3. The maximum Gasteiger partial charge on any atom is 0.421 e. The number of aliphatic carboxylic acids is 1. The van der Waals surface area contributed by atoms with Gasteiger partial charge in [-0.25, -0.2) is 0 Å². The highest BCUT2D eigenvalue weighted by Crippen LogP contribution is 2.26. The number of rotatable bonds is 2. The fourth-order valence-corrected chi connectivity index (χ4v) is 1.25. The van der Waals surface area contributed by atoms with E-state index in [4.69, 9.17) is 5.11 Å². The maximum atomic E-state index is 12.4. The summed E-state index contributed by atoms with van der Waals surface area (Å²) in [4.78, 5) is 21.6. The number of hydrogen-bond acceptors (Lipinski definition) is 2. The molecule has 1 aromatic heterocycles. The van der Waals surface area contributed by atoms with Crippen molar-refractivity contribution in [1.82, 2.24) is 4.57 Å². The highest BCUT2D eigenvalue weighted by Gasteiger charge is 2.34. The van der Waals surface area contributed by atoms with Crippen molar-refractivity contribution in [2.75, 3.05) is 0 Å². The van der Waals surface area contributed by atoms with Gasteiger partial charge in [0.2, 0.25) is 0 Å². The van der Waals surface area contributed by atoms with Crippen molar-refractivity contribution in [2.24, 2.45) is 0 Å². The molecule has 88 valence electrons. The zero-order chi connectivity index (χ0) is 12.5. The van der Waals surface area contributed by atoms with Crippen molar-refractivity contribution >= 4 is 5.97 Å². The number of alkyl halides is 3. The minimum absolute atomic E-state index is 0.174. The second-order valence-corrected chi connectivity index (χ2v) is 3.26. The molecule has 0 spiro atoms. The summed E-state index contributed by atoms with van der Waals surface area (Å²) in [5.41, 5.74) is -2.53. The molecule has 0 aliphatic heterocycles. The van der Waals surface area contributed by atoms with E-state index >= 15 is 0 Å². The average Bonchev–Trinajstić information content (AvgIpc) is 2.07. The fraction of sp³-hybridized carbons (Fsp3) is 0.333. The summed E-state index contributed by atoms with van der Waals surface area (Å²) in [6.07, 6.45) is -3.70. The molecule has 0 atom stereocenters. The third-order valence-electron chi connectivity index (χ3n) is 1.83. The number of carboxylic acid groups (broad SMARTS) is 1. The van der Waals surface area contributed by atoms with Gasteiger partial charge in [-0.3, -0.25) is 9.59 Å². The Labute approximate surface area is 87.9 Å². The van der Waals surface area contributed by atoms with E-state index < -0.39 is 29.8 Å². The van der Waals surface area contributed by atoms with Crippen molar-refractivity contribution in [3.05, 3.63) is 33.7 Å². The summed E-state index contributed by atoms with van der Waals surface area (Å²) in [5.74, 6) is -1.37. The van der Waals surface area contributed by atoms with Gasteiger partial charge in [-0.2, -0.15) is 13.2 Å². The number of carboxylic acids is 1. The largest absolute Gasteiger partial charge is 0.480 e. The summed E-state index contributed by atoms with van der Waals surface area (Å²) in [7, 11) is 0. The topological polar surface area (TPSA) is 59.3 Å². The molecule has 1 rings (SSSR count). The van der Waals surface area contributed by atoms with Crippen LogP contribution in [0, 0.1) is 6.92 Å². The van der Waals surface area contributed by atoms with E-state index in [1.54, 1.807) is 0 Å². The smallest absolute Gasteiger partial charge is 0.421 e. The lowest BCUT2D eigenvalue weighted by atomic mass is 10.2. The lowest BCUT2D eigenvalue weighted by Crippen LogP contribution is -2.30. The molecule has 0 unspecified atom stereocenters. The molecule has 0 aliphatic carbocycles. The molecule has 0 fully saturated rings. The molecule has 0 saturated heterocycles. The van der Waals surface area contributed by atoms with Gasteiger partial charge in [-0.15, -0.1) is 0 Å². The number of carbonyl (C=O) groups is 1. The first-order valence-corrected chi connectivity index (χ1v) is 4.22. The zero-order valence-corrected chi connectivity index (χ0v) is 8.21. The molecule has 0 aromatic carbocycles. The first-order valence-electron chi connectivity index (χ1n) is 4.22. The number of aromatic nitrogens is 1. The molecule has 1 aromatic rings. The van der Waals surface area contributed by atoms with Crippen molar-refractivity contribution in [3.63, 3.8) is 0 Å². The third-order valence-corrected chi connectivity index (χ3v) is 1.83. The number of aryl methyl sites for hydroxylation is 1. The second-order valence-electron chi connectivity index (χ2n) is 3.26. The summed E-state index contributed by atoms with van der Waals surface area (Å²) in [5, 5.41) is 8.43. The number of pyridine rings is 1. The van der Waals surface area contributed by atoms with Crippen LogP contribution in [0.25, 0.3) is 0 Å². The molecular weight excluding hydrogens is 227 g/mol. The van der Waals surface area contributed by atoms with E-state index in [9.17, 15) is 22.8 Å². The van der Waals surface area contributed by atoms with Crippen LogP contribution >= 0.6 is 0 Å². The van der Waals surface area contributed by atoms with Gasteiger partial charge >= 0.3 is 12.1 Å². The van der Waals surface area contributed by atoms with Crippen molar-refractivity contribution in [1.29, 1.82) is 0 Å². The van der Waals surface area contributed by atoms with Gasteiger partial charge in [0.05, 0.1) is 0 Å².